The summed E-state index contributed by atoms with van der Waals surface area (Å²) in [5.74, 6) is 1.68. The lowest BCUT2D eigenvalue weighted by atomic mass is 10.1. The number of rotatable bonds is 1. The molecule has 0 unspecified atom stereocenters. The van der Waals surface area contributed by atoms with Crippen LogP contribution >= 0.6 is 22.6 Å². The summed E-state index contributed by atoms with van der Waals surface area (Å²) < 4.78 is 1.24. The second kappa shape index (κ2) is 3.68. The molecular formula is C10H10IN3. The molecule has 0 atom stereocenters. The summed E-state index contributed by atoms with van der Waals surface area (Å²) in [6.07, 6.45) is 0. The lowest BCUT2D eigenvalue weighted by Crippen LogP contribution is -1.85. The molecule has 1 aromatic carbocycles. The van der Waals surface area contributed by atoms with Gasteiger partial charge in [-0.1, -0.05) is 12.1 Å². The molecular weight excluding hydrogens is 289 g/mol. The molecule has 0 spiro atoms. The molecule has 0 aliphatic carbocycles. The highest BCUT2D eigenvalue weighted by Gasteiger charge is 2.04. The van der Waals surface area contributed by atoms with Crippen molar-refractivity contribution in [1.82, 2.24) is 15.2 Å². The third-order valence-electron chi connectivity index (χ3n) is 2.04. The Bertz CT molecular complexity index is 462. The van der Waals surface area contributed by atoms with Crippen LogP contribution in [0.1, 0.15) is 11.4 Å². The Hall–Kier alpha value is -0.910. The van der Waals surface area contributed by atoms with E-state index in [1.807, 2.05) is 6.92 Å². The smallest absolute Gasteiger partial charge is 0.161 e. The average Bonchev–Trinajstić information content (AvgIpc) is 2.57. The number of nitrogens with one attached hydrogen (secondary N) is 1. The van der Waals surface area contributed by atoms with Gasteiger partial charge in [0.05, 0.1) is 0 Å². The van der Waals surface area contributed by atoms with Gasteiger partial charge in [-0.25, -0.2) is 0 Å². The van der Waals surface area contributed by atoms with Crippen LogP contribution in [0.5, 0.6) is 0 Å². The average molecular weight is 299 g/mol. The molecule has 0 fully saturated rings. The van der Waals surface area contributed by atoms with E-state index in [-0.39, 0.29) is 0 Å². The molecule has 0 saturated heterocycles. The lowest BCUT2D eigenvalue weighted by molar-refractivity contribution is 1.04. The van der Waals surface area contributed by atoms with Crippen LogP contribution < -0.4 is 0 Å². The Morgan fingerprint density at radius 2 is 2.00 bits per heavy atom. The highest BCUT2D eigenvalue weighted by Crippen LogP contribution is 2.20. The standard InChI is InChI=1S/C10H10IN3/c1-6-3-4-8(5-9(6)11)10-12-7(2)13-14-10/h3-5H,1-2H3,(H,12,13,14). The first kappa shape index (κ1) is 9.64. The number of H-pyrrole nitrogens is 1. The zero-order chi connectivity index (χ0) is 10.1. The van der Waals surface area contributed by atoms with Gasteiger partial charge in [0.1, 0.15) is 5.82 Å². The monoisotopic (exact) mass is 299 g/mol. The van der Waals surface area contributed by atoms with Gasteiger partial charge in [0.15, 0.2) is 5.82 Å². The molecule has 1 heterocycles. The van der Waals surface area contributed by atoms with Gasteiger partial charge in [0.25, 0.3) is 0 Å². The fourth-order valence-corrected chi connectivity index (χ4v) is 1.73. The number of aryl methyl sites for hydroxylation is 2. The van der Waals surface area contributed by atoms with Crippen LogP contribution in [0.15, 0.2) is 18.2 Å². The number of aromatic amines is 1. The molecule has 3 nitrogen and oxygen atoms in total. The van der Waals surface area contributed by atoms with Crippen molar-refractivity contribution in [3.8, 4) is 11.4 Å². The van der Waals surface area contributed by atoms with Crippen molar-refractivity contribution in [2.75, 3.05) is 0 Å². The molecule has 1 N–H and O–H groups in total. The molecule has 72 valence electrons. The maximum absolute atomic E-state index is 4.05. The third kappa shape index (κ3) is 1.79. The number of halogens is 1. The van der Waals surface area contributed by atoms with Crippen LogP contribution in [0.4, 0.5) is 0 Å². The minimum absolute atomic E-state index is 0.834. The third-order valence-corrected chi connectivity index (χ3v) is 3.21. The summed E-state index contributed by atoms with van der Waals surface area (Å²) in [5, 5.41) is 7.98. The van der Waals surface area contributed by atoms with Crippen LogP contribution in [0.2, 0.25) is 0 Å². The molecule has 4 heteroatoms. The lowest BCUT2D eigenvalue weighted by Gasteiger charge is -2.00. The highest BCUT2D eigenvalue weighted by molar-refractivity contribution is 14.1. The van der Waals surface area contributed by atoms with Crippen molar-refractivity contribution in [3.05, 3.63) is 33.2 Å². The minimum atomic E-state index is 0.834. The Kier molecular flexibility index (Phi) is 2.54. The van der Waals surface area contributed by atoms with Crippen molar-refractivity contribution in [1.29, 1.82) is 0 Å². The molecule has 1 aromatic heterocycles. The summed E-state index contributed by atoms with van der Waals surface area (Å²) in [6.45, 7) is 3.99. The topological polar surface area (TPSA) is 41.6 Å². The van der Waals surface area contributed by atoms with Crippen molar-refractivity contribution >= 4 is 22.6 Å². The van der Waals surface area contributed by atoms with E-state index in [2.05, 4.69) is 62.9 Å². The largest absolute Gasteiger partial charge is 0.325 e. The Morgan fingerprint density at radius 1 is 1.21 bits per heavy atom. The number of benzene rings is 1. The molecule has 0 bridgehead atoms. The van der Waals surface area contributed by atoms with E-state index in [0.29, 0.717) is 0 Å². The Balaban J connectivity index is 2.47. The second-order valence-electron chi connectivity index (χ2n) is 3.22. The van der Waals surface area contributed by atoms with Gasteiger partial charge in [0.2, 0.25) is 0 Å². The molecule has 0 aliphatic rings. The van der Waals surface area contributed by atoms with Crippen LogP contribution in [0, 0.1) is 17.4 Å². The fourth-order valence-electron chi connectivity index (χ4n) is 1.22. The van der Waals surface area contributed by atoms with Gasteiger partial charge in [-0.3, -0.25) is 0 Å². The van der Waals surface area contributed by atoms with Gasteiger partial charge < -0.3 is 4.98 Å². The zero-order valence-electron chi connectivity index (χ0n) is 8.00. The van der Waals surface area contributed by atoms with Gasteiger partial charge in [-0.05, 0) is 48.1 Å². The predicted octanol–water partition coefficient (Wildman–Crippen LogP) is 2.69. The first-order valence-electron chi connectivity index (χ1n) is 4.32. The highest BCUT2D eigenvalue weighted by atomic mass is 127. The molecule has 14 heavy (non-hydrogen) atoms. The van der Waals surface area contributed by atoms with Gasteiger partial charge in [-0.2, -0.15) is 0 Å². The summed E-state index contributed by atoms with van der Waals surface area (Å²) in [5.41, 5.74) is 2.37. The SMILES string of the molecule is Cc1nnc(-c2ccc(C)c(I)c2)[nH]1. The van der Waals surface area contributed by atoms with E-state index < -0.39 is 0 Å². The minimum Gasteiger partial charge on any atom is -0.325 e. The van der Waals surface area contributed by atoms with E-state index in [9.17, 15) is 0 Å². The van der Waals surface area contributed by atoms with Crippen molar-refractivity contribution in [3.63, 3.8) is 0 Å². The second-order valence-corrected chi connectivity index (χ2v) is 4.39. The first-order valence-corrected chi connectivity index (χ1v) is 5.40. The fraction of sp³-hybridized carbons (Fsp3) is 0.200. The quantitative estimate of drug-likeness (QED) is 0.823. The Morgan fingerprint density at radius 3 is 2.57 bits per heavy atom. The summed E-state index contributed by atoms with van der Waals surface area (Å²) in [7, 11) is 0. The normalized spacial score (nSPS) is 10.5. The van der Waals surface area contributed by atoms with E-state index in [0.717, 1.165) is 17.2 Å². The van der Waals surface area contributed by atoms with Crippen molar-refractivity contribution in [2.24, 2.45) is 0 Å². The maximum atomic E-state index is 4.05. The number of nitrogens with zero attached hydrogens (tertiary/aromatic N) is 2. The Labute approximate surface area is 96.1 Å². The number of hydrogen-bond donors (Lipinski definition) is 1. The molecule has 0 saturated carbocycles. The molecule has 0 amide bonds. The predicted molar refractivity (Wildman–Crippen MR) is 64.0 cm³/mol. The van der Waals surface area contributed by atoms with Crippen molar-refractivity contribution in [2.45, 2.75) is 13.8 Å². The van der Waals surface area contributed by atoms with E-state index in [4.69, 9.17) is 0 Å². The van der Waals surface area contributed by atoms with Gasteiger partial charge in [-0.15, -0.1) is 10.2 Å². The van der Waals surface area contributed by atoms with Gasteiger partial charge >= 0.3 is 0 Å². The van der Waals surface area contributed by atoms with E-state index >= 15 is 0 Å². The van der Waals surface area contributed by atoms with E-state index in [1.54, 1.807) is 0 Å². The summed E-state index contributed by atoms with van der Waals surface area (Å²) in [6, 6.07) is 6.25. The molecule has 2 aromatic rings. The number of aromatic nitrogens is 3. The van der Waals surface area contributed by atoms with Gasteiger partial charge in [0, 0.05) is 9.13 Å². The van der Waals surface area contributed by atoms with Crippen molar-refractivity contribution < 1.29 is 0 Å². The van der Waals surface area contributed by atoms with Crippen LogP contribution in [-0.2, 0) is 0 Å². The van der Waals surface area contributed by atoms with Crippen LogP contribution in [0.25, 0.3) is 11.4 Å². The van der Waals surface area contributed by atoms with Crippen LogP contribution in [0.3, 0.4) is 0 Å². The summed E-state index contributed by atoms with van der Waals surface area (Å²) in [4.78, 5) is 3.11. The van der Waals surface area contributed by atoms with Crippen LogP contribution in [-0.4, -0.2) is 15.2 Å². The first-order chi connectivity index (χ1) is 6.66. The maximum Gasteiger partial charge on any atom is 0.161 e. The number of hydrogen-bond acceptors (Lipinski definition) is 2. The zero-order valence-corrected chi connectivity index (χ0v) is 10.2. The molecule has 0 radical (unpaired) electrons. The summed E-state index contributed by atoms with van der Waals surface area (Å²) >= 11 is 2.32. The molecule has 2 rings (SSSR count). The molecule has 0 aliphatic heterocycles. The van der Waals surface area contributed by atoms with E-state index in [1.165, 1.54) is 9.13 Å².